The van der Waals surface area contributed by atoms with Crippen molar-refractivity contribution in [3.05, 3.63) is 41.9 Å². The summed E-state index contributed by atoms with van der Waals surface area (Å²) in [5.74, 6) is 0.900. The molecular formula is C19H24N4O4. The van der Waals surface area contributed by atoms with Gasteiger partial charge in [-0.05, 0) is 24.6 Å². The van der Waals surface area contributed by atoms with Gasteiger partial charge >= 0.3 is 5.97 Å². The molecule has 27 heavy (non-hydrogen) atoms. The zero-order chi connectivity index (χ0) is 19.4. The van der Waals surface area contributed by atoms with Crippen molar-refractivity contribution in [2.45, 2.75) is 13.0 Å². The quantitative estimate of drug-likeness (QED) is 0.821. The van der Waals surface area contributed by atoms with E-state index >= 15 is 0 Å². The largest absolute Gasteiger partial charge is 0.493 e. The van der Waals surface area contributed by atoms with E-state index in [0.717, 1.165) is 11.4 Å². The van der Waals surface area contributed by atoms with Crippen LogP contribution >= 0.6 is 0 Å². The first-order chi connectivity index (χ1) is 13.0. The van der Waals surface area contributed by atoms with Gasteiger partial charge in [-0.25, -0.2) is 4.98 Å². The first-order valence-electron chi connectivity index (χ1n) is 8.75. The maximum absolute atomic E-state index is 12.2. The molecular weight excluding hydrogens is 348 g/mol. The number of rotatable bonds is 6. The number of nitrogens with zero attached hydrogens (tertiary/aromatic N) is 4. The normalized spacial score (nSPS) is 16.0. The Morgan fingerprint density at radius 2 is 1.89 bits per heavy atom. The minimum Gasteiger partial charge on any atom is -0.493 e. The summed E-state index contributed by atoms with van der Waals surface area (Å²) in [6, 6.07) is 2.89. The molecule has 1 N–H and O–H groups in total. The summed E-state index contributed by atoms with van der Waals surface area (Å²) in [5.41, 5.74) is 1.53. The van der Waals surface area contributed by atoms with Gasteiger partial charge in [0.1, 0.15) is 11.9 Å². The van der Waals surface area contributed by atoms with Crippen molar-refractivity contribution in [1.82, 2.24) is 14.9 Å². The molecule has 3 rings (SSSR count). The summed E-state index contributed by atoms with van der Waals surface area (Å²) in [7, 11) is 3.08. The van der Waals surface area contributed by atoms with Crippen LogP contribution in [0.4, 0.5) is 5.82 Å². The van der Waals surface area contributed by atoms with Crippen molar-refractivity contribution < 1.29 is 19.4 Å². The number of hydrogen-bond donors (Lipinski definition) is 1. The number of methoxy groups -OCH3 is 2. The van der Waals surface area contributed by atoms with Crippen molar-refractivity contribution >= 4 is 11.8 Å². The lowest BCUT2D eigenvalue weighted by molar-refractivity contribution is -0.143. The summed E-state index contributed by atoms with van der Waals surface area (Å²) in [6.07, 6.45) is 5.02. The van der Waals surface area contributed by atoms with E-state index in [9.17, 15) is 9.90 Å². The van der Waals surface area contributed by atoms with E-state index in [-0.39, 0.29) is 0 Å². The molecule has 1 aromatic carbocycles. The summed E-state index contributed by atoms with van der Waals surface area (Å²) >= 11 is 0. The molecule has 1 fully saturated rings. The van der Waals surface area contributed by atoms with Crippen LogP contribution < -0.4 is 14.4 Å². The average Bonchev–Trinajstić information content (AvgIpc) is 2.68. The van der Waals surface area contributed by atoms with Crippen LogP contribution in [0.15, 0.2) is 30.7 Å². The molecule has 1 aromatic heterocycles. The SMILES string of the molecule is COc1cc(C)cc(C(C(=O)O)N2CCN(c3cnccn3)CC2)c1OC. The lowest BCUT2D eigenvalue weighted by atomic mass is 10.00. The molecule has 1 aliphatic heterocycles. The van der Waals surface area contributed by atoms with Crippen LogP contribution in [0.25, 0.3) is 0 Å². The second-order valence-electron chi connectivity index (χ2n) is 6.42. The Bertz CT molecular complexity index is 792. The molecule has 2 heterocycles. The highest BCUT2D eigenvalue weighted by Crippen LogP contribution is 2.38. The van der Waals surface area contributed by atoms with Gasteiger partial charge in [-0.1, -0.05) is 0 Å². The maximum Gasteiger partial charge on any atom is 0.325 e. The first kappa shape index (κ1) is 18.9. The van der Waals surface area contributed by atoms with E-state index < -0.39 is 12.0 Å². The molecule has 0 saturated carbocycles. The van der Waals surface area contributed by atoms with Crippen LogP contribution in [-0.2, 0) is 4.79 Å². The van der Waals surface area contributed by atoms with E-state index in [2.05, 4.69) is 14.9 Å². The Morgan fingerprint density at radius 3 is 2.44 bits per heavy atom. The second-order valence-corrected chi connectivity index (χ2v) is 6.42. The van der Waals surface area contributed by atoms with Crippen molar-refractivity contribution in [3.8, 4) is 11.5 Å². The topological polar surface area (TPSA) is 88.0 Å². The molecule has 0 amide bonds. The second kappa shape index (κ2) is 8.22. The molecule has 1 atom stereocenters. The fourth-order valence-corrected chi connectivity index (χ4v) is 3.49. The van der Waals surface area contributed by atoms with Crippen LogP contribution in [-0.4, -0.2) is 66.3 Å². The highest BCUT2D eigenvalue weighted by molar-refractivity contribution is 5.77. The number of aryl methyl sites for hydroxylation is 1. The monoisotopic (exact) mass is 372 g/mol. The number of carboxylic acids is 1. The Hall–Kier alpha value is -2.87. The Kier molecular flexibility index (Phi) is 5.75. The zero-order valence-electron chi connectivity index (χ0n) is 15.8. The fourth-order valence-electron chi connectivity index (χ4n) is 3.49. The Labute approximate surface area is 158 Å². The molecule has 2 aromatic rings. The van der Waals surface area contributed by atoms with Crippen molar-refractivity contribution in [2.75, 3.05) is 45.3 Å². The van der Waals surface area contributed by atoms with Crippen molar-refractivity contribution in [2.24, 2.45) is 0 Å². The third-order valence-corrected chi connectivity index (χ3v) is 4.73. The molecule has 8 heteroatoms. The number of aromatic nitrogens is 2. The Balaban J connectivity index is 1.86. The number of piperazine rings is 1. The number of carbonyl (C=O) groups is 1. The summed E-state index contributed by atoms with van der Waals surface area (Å²) in [4.78, 5) is 24.6. The van der Waals surface area contributed by atoms with Crippen molar-refractivity contribution in [3.63, 3.8) is 0 Å². The third kappa shape index (κ3) is 3.95. The summed E-state index contributed by atoms with van der Waals surface area (Å²) < 4.78 is 10.9. The molecule has 8 nitrogen and oxygen atoms in total. The van der Waals surface area contributed by atoms with Gasteiger partial charge in [0.15, 0.2) is 11.5 Å². The van der Waals surface area contributed by atoms with E-state index in [4.69, 9.17) is 9.47 Å². The Morgan fingerprint density at radius 1 is 1.15 bits per heavy atom. The van der Waals surface area contributed by atoms with Gasteiger partial charge in [0.25, 0.3) is 0 Å². The van der Waals surface area contributed by atoms with Gasteiger partial charge < -0.3 is 19.5 Å². The number of benzene rings is 1. The van der Waals surface area contributed by atoms with Gasteiger partial charge in [-0.2, -0.15) is 0 Å². The fraction of sp³-hybridized carbons (Fsp3) is 0.421. The average molecular weight is 372 g/mol. The van der Waals surface area contributed by atoms with E-state index in [1.165, 1.54) is 7.11 Å². The number of carboxylic acid groups (broad SMARTS) is 1. The smallest absolute Gasteiger partial charge is 0.325 e. The minimum atomic E-state index is -0.908. The maximum atomic E-state index is 12.2. The van der Waals surface area contributed by atoms with Crippen molar-refractivity contribution in [1.29, 1.82) is 0 Å². The molecule has 0 aliphatic carbocycles. The number of hydrogen-bond acceptors (Lipinski definition) is 7. The van der Waals surface area contributed by atoms with Gasteiger partial charge in [-0.15, -0.1) is 0 Å². The van der Waals surface area contributed by atoms with E-state index in [1.54, 1.807) is 25.7 Å². The minimum absolute atomic E-state index is 0.465. The molecule has 1 aliphatic rings. The number of ether oxygens (including phenoxy) is 2. The molecule has 1 unspecified atom stereocenters. The summed E-state index contributed by atoms with van der Waals surface area (Å²) in [6.45, 7) is 4.44. The first-order valence-corrected chi connectivity index (χ1v) is 8.75. The standard InChI is InChI=1S/C19H24N4O4/c1-13-10-14(18(27-3)15(11-13)26-2)17(19(24)25)23-8-6-22(7-9-23)16-12-20-4-5-21-16/h4-5,10-12,17H,6-9H2,1-3H3,(H,24,25). The highest BCUT2D eigenvalue weighted by atomic mass is 16.5. The predicted molar refractivity (Wildman–Crippen MR) is 100 cm³/mol. The predicted octanol–water partition coefficient (Wildman–Crippen LogP) is 1.75. The van der Waals surface area contributed by atoms with E-state index in [0.29, 0.717) is 43.2 Å². The highest BCUT2D eigenvalue weighted by Gasteiger charge is 2.34. The number of aliphatic carboxylic acids is 1. The molecule has 0 bridgehead atoms. The van der Waals surface area contributed by atoms with Crippen LogP contribution in [0.3, 0.4) is 0 Å². The molecule has 0 radical (unpaired) electrons. The lowest BCUT2D eigenvalue weighted by Crippen LogP contribution is -2.49. The molecule has 0 spiro atoms. The van der Waals surface area contributed by atoms with Gasteiger partial charge in [0.2, 0.25) is 0 Å². The molecule has 144 valence electrons. The van der Waals surface area contributed by atoms with Crippen LogP contribution in [0, 0.1) is 6.92 Å². The van der Waals surface area contributed by atoms with E-state index in [1.807, 2.05) is 24.0 Å². The number of anilines is 1. The molecule has 1 saturated heterocycles. The van der Waals surface area contributed by atoms with Crippen LogP contribution in [0.1, 0.15) is 17.2 Å². The lowest BCUT2D eigenvalue weighted by Gasteiger charge is -2.38. The van der Waals surface area contributed by atoms with Gasteiger partial charge in [0, 0.05) is 44.1 Å². The van der Waals surface area contributed by atoms with Gasteiger partial charge in [-0.3, -0.25) is 14.7 Å². The summed E-state index contributed by atoms with van der Waals surface area (Å²) in [5, 5.41) is 9.96. The van der Waals surface area contributed by atoms with Crippen LogP contribution in [0.2, 0.25) is 0 Å². The van der Waals surface area contributed by atoms with Crippen LogP contribution in [0.5, 0.6) is 11.5 Å². The third-order valence-electron chi connectivity index (χ3n) is 4.73. The zero-order valence-corrected chi connectivity index (χ0v) is 15.8. The van der Waals surface area contributed by atoms with Gasteiger partial charge in [0.05, 0.1) is 20.4 Å².